The van der Waals surface area contributed by atoms with Gasteiger partial charge in [0.1, 0.15) is 11.5 Å². The third-order valence-electron chi connectivity index (χ3n) is 3.19. The molecule has 6 nitrogen and oxygen atoms in total. The van der Waals surface area contributed by atoms with Crippen LogP contribution in [0.3, 0.4) is 0 Å². The van der Waals surface area contributed by atoms with Crippen molar-refractivity contribution >= 4 is 19.6 Å². The van der Waals surface area contributed by atoms with Gasteiger partial charge in [0.15, 0.2) is 0 Å². The van der Waals surface area contributed by atoms with E-state index in [4.69, 9.17) is 18.8 Å². The van der Waals surface area contributed by atoms with Crippen LogP contribution in [0.2, 0.25) is 0 Å². The quantitative estimate of drug-likeness (QED) is 0.543. The molecule has 2 aromatic rings. The lowest BCUT2D eigenvalue weighted by atomic mass is 10.1. The number of ether oxygens (including phenoxy) is 2. The first kappa shape index (κ1) is 18.4. The molecule has 0 aromatic heterocycles. The SMILES string of the molecule is CCOC(=O)c1ccccc1OBOc1ccccc1C(=O)OCC. The van der Waals surface area contributed by atoms with Gasteiger partial charge in [0.05, 0.1) is 24.3 Å². The number of carbonyl (C=O) groups is 2. The third kappa shape index (κ3) is 5.01. The summed E-state index contributed by atoms with van der Waals surface area (Å²) in [6.07, 6.45) is 0. The Morgan fingerprint density at radius 1 is 0.760 bits per heavy atom. The molecule has 25 heavy (non-hydrogen) atoms. The van der Waals surface area contributed by atoms with Crippen LogP contribution in [-0.4, -0.2) is 32.8 Å². The van der Waals surface area contributed by atoms with Crippen molar-refractivity contribution in [3.8, 4) is 11.5 Å². The normalized spacial score (nSPS) is 9.84. The molecule has 0 saturated heterocycles. The van der Waals surface area contributed by atoms with E-state index in [9.17, 15) is 9.59 Å². The van der Waals surface area contributed by atoms with Crippen LogP contribution in [0, 0.1) is 0 Å². The highest BCUT2D eigenvalue weighted by Gasteiger charge is 2.16. The zero-order valence-electron chi connectivity index (χ0n) is 14.2. The van der Waals surface area contributed by atoms with Crippen LogP contribution in [-0.2, 0) is 9.47 Å². The molecule has 0 bridgehead atoms. The van der Waals surface area contributed by atoms with E-state index in [1.165, 1.54) is 0 Å². The van der Waals surface area contributed by atoms with Crippen molar-refractivity contribution < 1.29 is 28.4 Å². The lowest BCUT2D eigenvalue weighted by Crippen LogP contribution is -2.16. The lowest BCUT2D eigenvalue weighted by molar-refractivity contribution is 0.0515. The minimum Gasteiger partial charge on any atom is -0.528 e. The van der Waals surface area contributed by atoms with Crippen LogP contribution in [0.4, 0.5) is 0 Å². The Kier molecular flexibility index (Phi) is 6.89. The summed E-state index contributed by atoms with van der Waals surface area (Å²) < 4.78 is 21.0. The van der Waals surface area contributed by atoms with Crippen molar-refractivity contribution in [3.63, 3.8) is 0 Å². The summed E-state index contributed by atoms with van der Waals surface area (Å²) in [6.45, 7) is 4.01. The molecule has 0 spiro atoms. The van der Waals surface area contributed by atoms with Crippen molar-refractivity contribution in [3.05, 3.63) is 59.7 Å². The predicted molar refractivity (Wildman–Crippen MR) is 93.2 cm³/mol. The van der Waals surface area contributed by atoms with E-state index in [1.807, 2.05) is 0 Å². The molecule has 0 unspecified atom stereocenters. The number of carbonyl (C=O) groups excluding carboxylic acids is 2. The average molecular weight is 342 g/mol. The number of rotatable bonds is 8. The Labute approximate surface area is 147 Å². The van der Waals surface area contributed by atoms with E-state index in [2.05, 4.69) is 0 Å². The van der Waals surface area contributed by atoms with Crippen LogP contribution in [0.25, 0.3) is 0 Å². The molecule has 0 aliphatic carbocycles. The molecule has 0 saturated carbocycles. The summed E-state index contributed by atoms with van der Waals surface area (Å²) >= 11 is 0. The van der Waals surface area contributed by atoms with Crippen molar-refractivity contribution in [1.82, 2.24) is 0 Å². The second-order valence-electron chi connectivity index (χ2n) is 4.84. The van der Waals surface area contributed by atoms with Crippen LogP contribution in [0.5, 0.6) is 11.5 Å². The standard InChI is InChI=1S/C18H19BO6/c1-3-22-17(20)13-9-5-7-11-15(13)24-19-25-16-12-8-6-10-14(16)18(21)23-4-2/h5-12,19H,3-4H2,1-2H3. The molecule has 0 aliphatic heterocycles. The monoisotopic (exact) mass is 342 g/mol. The fourth-order valence-corrected chi connectivity index (χ4v) is 2.10. The third-order valence-corrected chi connectivity index (χ3v) is 3.19. The molecule has 0 fully saturated rings. The molecule has 130 valence electrons. The highest BCUT2D eigenvalue weighted by atomic mass is 16.6. The van der Waals surface area contributed by atoms with E-state index in [-0.39, 0.29) is 20.9 Å². The number of para-hydroxylation sites is 2. The van der Waals surface area contributed by atoms with E-state index in [0.717, 1.165) is 0 Å². The first-order valence-corrected chi connectivity index (χ1v) is 7.95. The highest BCUT2D eigenvalue weighted by Crippen LogP contribution is 2.21. The van der Waals surface area contributed by atoms with Crippen molar-refractivity contribution in [1.29, 1.82) is 0 Å². The first-order chi connectivity index (χ1) is 12.2. The maximum Gasteiger partial charge on any atom is 0.576 e. The minimum atomic E-state index is -0.468. The maximum absolute atomic E-state index is 11.9. The van der Waals surface area contributed by atoms with Gasteiger partial charge in [-0.3, -0.25) is 0 Å². The number of benzene rings is 2. The van der Waals surface area contributed by atoms with Gasteiger partial charge >= 0.3 is 19.6 Å². The van der Waals surface area contributed by atoms with Gasteiger partial charge in [-0.05, 0) is 38.1 Å². The summed E-state index contributed by atoms with van der Waals surface area (Å²) in [6, 6.07) is 13.4. The molecule has 0 heterocycles. The topological polar surface area (TPSA) is 71.1 Å². The molecule has 0 amide bonds. The van der Waals surface area contributed by atoms with E-state index >= 15 is 0 Å². The molecule has 0 radical (unpaired) electrons. The summed E-state index contributed by atoms with van der Waals surface area (Å²) in [5, 5.41) is 0. The number of hydrogen-bond donors (Lipinski definition) is 0. The number of hydrogen-bond acceptors (Lipinski definition) is 6. The predicted octanol–water partition coefficient (Wildman–Crippen LogP) is 2.76. The molecular weight excluding hydrogens is 323 g/mol. The van der Waals surface area contributed by atoms with Gasteiger partial charge in [-0.15, -0.1) is 0 Å². The molecular formula is C18H19BO6. The van der Waals surface area contributed by atoms with Gasteiger partial charge < -0.3 is 18.8 Å². The molecule has 2 aromatic carbocycles. The minimum absolute atomic E-state index is 0.174. The average Bonchev–Trinajstić information content (AvgIpc) is 2.63. The molecule has 0 aliphatic rings. The number of esters is 2. The second-order valence-corrected chi connectivity index (χ2v) is 4.84. The largest absolute Gasteiger partial charge is 0.576 e. The lowest BCUT2D eigenvalue weighted by Gasteiger charge is -2.13. The van der Waals surface area contributed by atoms with E-state index < -0.39 is 11.9 Å². The Hall–Kier alpha value is -2.96. The van der Waals surface area contributed by atoms with Crippen LogP contribution < -0.4 is 9.31 Å². The van der Waals surface area contributed by atoms with Crippen LogP contribution in [0.15, 0.2) is 48.5 Å². The molecule has 0 N–H and O–H groups in total. The van der Waals surface area contributed by atoms with Gasteiger partial charge in [-0.1, -0.05) is 24.3 Å². The van der Waals surface area contributed by atoms with E-state index in [1.54, 1.807) is 62.4 Å². The van der Waals surface area contributed by atoms with Gasteiger partial charge in [0.2, 0.25) is 0 Å². The second kappa shape index (κ2) is 9.37. The van der Waals surface area contributed by atoms with Gasteiger partial charge in [0, 0.05) is 0 Å². The van der Waals surface area contributed by atoms with Crippen molar-refractivity contribution in [2.45, 2.75) is 13.8 Å². The zero-order valence-corrected chi connectivity index (χ0v) is 14.2. The zero-order chi connectivity index (χ0) is 18.1. The Balaban J connectivity index is 2.05. The fraction of sp³-hybridized carbons (Fsp3) is 0.222. The summed E-state index contributed by atoms with van der Waals surface area (Å²) in [7, 11) is -0.174. The molecule has 2 rings (SSSR count). The smallest absolute Gasteiger partial charge is 0.528 e. The first-order valence-electron chi connectivity index (χ1n) is 7.95. The summed E-state index contributed by atoms with van der Waals surface area (Å²) in [5.74, 6) is -0.251. The molecule has 7 heteroatoms. The van der Waals surface area contributed by atoms with E-state index in [0.29, 0.717) is 22.6 Å². The van der Waals surface area contributed by atoms with Gasteiger partial charge in [-0.2, -0.15) is 0 Å². The Morgan fingerprint density at radius 2 is 1.16 bits per heavy atom. The van der Waals surface area contributed by atoms with Gasteiger partial charge in [-0.25, -0.2) is 9.59 Å². The van der Waals surface area contributed by atoms with Crippen LogP contribution in [0.1, 0.15) is 34.6 Å². The highest BCUT2D eigenvalue weighted by molar-refractivity contribution is 6.21. The van der Waals surface area contributed by atoms with Gasteiger partial charge in [0.25, 0.3) is 0 Å². The van der Waals surface area contributed by atoms with Crippen LogP contribution >= 0.6 is 0 Å². The van der Waals surface area contributed by atoms with Crippen molar-refractivity contribution in [2.24, 2.45) is 0 Å². The van der Waals surface area contributed by atoms with Crippen molar-refractivity contribution in [2.75, 3.05) is 13.2 Å². The molecule has 0 atom stereocenters. The Morgan fingerprint density at radius 3 is 1.56 bits per heavy atom. The maximum atomic E-state index is 11.9. The Bertz CT molecular complexity index is 670. The summed E-state index contributed by atoms with van der Waals surface area (Å²) in [5.41, 5.74) is 0.623. The summed E-state index contributed by atoms with van der Waals surface area (Å²) in [4.78, 5) is 23.8. The fourth-order valence-electron chi connectivity index (χ4n) is 2.10.